The number of hydrogen-bond donors (Lipinski definition) is 2. The van der Waals surface area contributed by atoms with Crippen molar-refractivity contribution in [2.75, 3.05) is 0 Å². The highest BCUT2D eigenvalue weighted by molar-refractivity contribution is 5.17. The van der Waals surface area contributed by atoms with E-state index in [1.54, 1.807) is 0 Å². The summed E-state index contributed by atoms with van der Waals surface area (Å²) in [6.45, 7) is 3.15. The number of nitrogens with one attached hydrogen (secondary N) is 1. The lowest BCUT2D eigenvalue weighted by Gasteiger charge is -2.26. The molecular formula is C15H24N2O. The lowest BCUT2D eigenvalue weighted by Crippen LogP contribution is -2.36. The van der Waals surface area contributed by atoms with Gasteiger partial charge in [-0.25, -0.2) is 0 Å². The normalized spacial score (nSPS) is 35.7. The average Bonchev–Trinajstić information content (AvgIpc) is 2.92. The van der Waals surface area contributed by atoms with E-state index in [1.807, 2.05) is 0 Å². The molecule has 3 nitrogen and oxygen atoms in total. The summed E-state index contributed by atoms with van der Waals surface area (Å²) >= 11 is 0. The van der Waals surface area contributed by atoms with Crippen molar-refractivity contribution in [2.24, 2.45) is 11.7 Å². The molecule has 1 heterocycles. The molecule has 3 N–H and O–H groups in total. The van der Waals surface area contributed by atoms with Gasteiger partial charge in [0.25, 0.3) is 0 Å². The quantitative estimate of drug-likeness (QED) is 0.861. The first kappa shape index (κ1) is 12.2. The second kappa shape index (κ2) is 5.06. The Labute approximate surface area is 109 Å². The van der Waals surface area contributed by atoms with E-state index in [4.69, 9.17) is 10.2 Å². The zero-order valence-electron chi connectivity index (χ0n) is 11.2. The van der Waals surface area contributed by atoms with Crippen LogP contribution >= 0.6 is 0 Å². The van der Waals surface area contributed by atoms with Gasteiger partial charge in [-0.3, -0.25) is 0 Å². The molecule has 2 aliphatic carbocycles. The van der Waals surface area contributed by atoms with E-state index in [0.29, 0.717) is 18.0 Å². The molecule has 0 aromatic carbocycles. The van der Waals surface area contributed by atoms with E-state index in [2.05, 4.69) is 24.4 Å². The molecule has 0 aliphatic heterocycles. The second-order valence-corrected chi connectivity index (χ2v) is 6.12. The van der Waals surface area contributed by atoms with Crippen molar-refractivity contribution >= 4 is 0 Å². The van der Waals surface area contributed by atoms with Crippen LogP contribution in [0.25, 0.3) is 0 Å². The summed E-state index contributed by atoms with van der Waals surface area (Å²) in [7, 11) is 0. The van der Waals surface area contributed by atoms with Crippen LogP contribution in [0.4, 0.5) is 0 Å². The molecule has 2 unspecified atom stereocenters. The van der Waals surface area contributed by atoms with Gasteiger partial charge in [0.15, 0.2) is 0 Å². The maximum Gasteiger partial charge on any atom is 0.117 e. The fraction of sp³-hybridized carbons (Fsp3) is 0.733. The van der Waals surface area contributed by atoms with Crippen LogP contribution in [0.2, 0.25) is 0 Å². The molecule has 2 fully saturated rings. The zero-order chi connectivity index (χ0) is 12.5. The molecule has 2 atom stereocenters. The Morgan fingerprint density at radius 2 is 2.00 bits per heavy atom. The molecule has 0 bridgehead atoms. The van der Waals surface area contributed by atoms with Crippen LogP contribution in [-0.2, 0) is 6.54 Å². The van der Waals surface area contributed by atoms with Crippen LogP contribution in [0.15, 0.2) is 16.5 Å². The van der Waals surface area contributed by atoms with Crippen molar-refractivity contribution in [1.29, 1.82) is 0 Å². The summed E-state index contributed by atoms with van der Waals surface area (Å²) in [5, 5.41) is 3.59. The second-order valence-electron chi connectivity index (χ2n) is 6.12. The van der Waals surface area contributed by atoms with Crippen LogP contribution in [0.3, 0.4) is 0 Å². The Bertz CT molecular complexity index is 393. The van der Waals surface area contributed by atoms with Crippen molar-refractivity contribution in [3.8, 4) is 0 Å². The number of hydrogen-bond acceptors (Lipinski definition) is 3. The third-order valence-corrected chi connectivity index (χ3v) is 4.49. The highest BCUT2D eigenvalue weighted by Gasteiger charge is 2.36. The first-order valence-electron chi connectivity index (χ1n) is 7.30. The molecule has 0 amide bonds. The number of nitrogens with two attached hydrogens (primary N) is 1. The SMILES string of the molecule is CC1CC1c1ccc(CNC2CCC(N)CC2)o1. The first-order valence-corrected chi connectivity index (χ1v) is 7.30. The van der Waals surface area contributed by atoms with E-state index in [-0.39, 0.29) is 0 Å². The Hall–Kier alpha value is -0.800. The molecule has 3 rings (SSSR count). The van der Waals surface area contributed by atoms with Gasteiger partial charge in [-0.1, -0.05) is 6.92 Å². The minimum atomic E-state index is 0.426. The molecule has 0 saturated heterocycles. The van der Waals surface area contributed by atoms with Gasteiger partial charge in [0.2, 0.25) is 0 Å². The number of furan rings is 1. The maximum absolute atomic E-state index is 5.91. The lowest BCUT2D eigenvalue weighted by atomic mass is 9.92. The molecule has 3 heteroatoms. The van der Waals surface area contributed by atoms with Gasteiger partial charge in [0.05, 0.1) is 6.54 Å². The van der Waals surface area contributed by atoms with Crippen molar-refractivity contribution in [3.05, 3.63) is 23.7 Å². The highest BCUT2D eigenvalue weighted by Crippen LogP contribution is 2.47. The Kier molecular flexibility index (Phi) is 3.44. The highest BCUT2D eigenvalue weighted by atomic mass is 16.3. The van der Waals surface area contributed by atoms with E-state index < -0.39 is 0 Å². The molecule has 2 saturated carbocycles. The van der Waals surface area contributed by atoms with Crippen LogP contribution in [0.1, 0.15) is 56.5 Å². The van der Waals surface area contributed by atoms with Crippen molar-refractivity contribution < 1.29 is 4.42 Å². The predicted molar refractivity (Wildman–Crippen MR) is 72.3 cm³/mol. The maximum atomic E-state index is 5.91. The third-order valence-electron chi connectivity index (χ3n) is 4.49. The van der Waals surface area contributed by atoms with Crippen LogP contribution in [0, 0.1) is 5.92 Å². The van der Waals surface area contributed by atoms with Gasteiger partial charge in [-0.2, -0.15) is 0 Å². The molecule has 2 aliphatic rings. The molecule has 0 spiro atoms. The topological polar surface area (TPSA) is 51.2 Å². The van der Waals surface area contributed by atoms with E-state index in [0.717, 1.165) is 31.1 Å². The zero-order valence-corrected chi connectivity index (χ0v) is 11.2. The Balaban J connectivity index is 1.46. The van der Waals surface area contributed by atoms with Crippen molar-refractivity contribution in [2.45, 2.75) is 63.6 Å². The van der Waals surface area contributed by atoms with Gasteiger partial charge < -0.3 is 15.5 Å². The molecule has 1 aromatic heterocycles. The summed E-state index contributed by atoms with van der Waals surface area (Å²) < 4.78 is 5.90. The lowest BCUT2D eigenvalue weighted by molar-refractivity contribution is 0.329. The fourth-order valence-electron chi connectivity index (χ4n) is 2.98. The summed E-state index contributed by atoms with van der Waals surface area (Å²) in [6.07, 6.45) is 6.00. The molecule has 0 radical (unpaired) electrons. The minimum Gasteiger partial charge on any atom is -0.464 e. The fourth-order valence-corrected chi connectivity index (χ4v) is 2.98. The number of rotatable bonds is 4. The van der Waals surface area contributed by atoms with Crippen molar-refractivity contribution in [3.63, 3.8) is 0 Å². The van der Waals surface area contributed by atoms with E-state index in [1.165, 1.54) is 25.0 Å². The summed E-state index contributed by atoms with van der Waals surface area (Å²) in [6, 6.07) is 5.33. The van der Waals surface area contributed by atoms with Gasteiger partial charge >= 0.3 is 0 Å². The predicted octanol–water partition coefficient (Wildman–Crippen LogP) is 2.76. The summed E-state index contributed by atoms with van der Waals surface area (Å²) in [5.41, 5.74) is 5.91. The summed E-state index contributed by atoms with van der Waals surface area (Å²) in [4.78, 5) is 0. The van der Waals surface area contributed by atoms with Gasteiger partial charge in [0, 0.05) is 18.0 Å². The first-order chi connectivity index (χ1) is 8.72. The van der Waals surface area contributed by atoms with Gasteiger partial charge in [-0.15, -0.1) is 0 Å². The average molecular weight is 248 g/mol. The van der Waals surface area contributed by atoms with Crippen LogP contribution in [0.5, 0.6) is 0 Å². The molecule has 18 heavy (non-hydrogen) atoms. The Morgan fingerprint density at radius 1 is 1.28 bits per heavy atom. The van der Waals surface area contributed by atoms with E-state index in [9.17, 15) is 0 Å². The monoisotopic (exact) mass is 248 g/mol. The molecular weight excluding hydrogens is 224 g/mol. The van der Waals surface area contributed by atoms with Crippen LogP contribution < -0.4 is 11.1 Å². The standard InChI is InChI=1S/C15H24N2O/c1-10-8-14(10)15-7-6-13(18-15)9-17-12-4-2-11(16)3-5-12/h6-7,10-12,14,17H,2-5,8-9,16H2,1H3. The van der Waals surface area contributed by atoms with Crippen molar-refractivity contribution in [1.82, 2.24) is 5.32 Å². The van der Waals surface area contributed by atoms with Gasteiger partial charge in [0.1, 0.15) is 11.5 Å². The molecule has 1 aromatic rings. The minimum absolute atomic E-state index is 0.426. The largest absolute Gasteiger partial charge is 0.464 e. The summed E-state index contributed by atoms with van der Waals surface area (Å²) in [5.74, 6) is 3.77. The van der Waals surface area contributed by atoms with Crippen LogP contribution in [-0.4, -0.2) is 12.1 Å². The Morgan fingerprint density at radius 3 is 2.67 bits per heavy atom. The third kappa shape index (κ3) is 2.78. The smallest absolute Gasteiger partial charge is 0.117 e. The van der Waals surface area contributed by atoms with E-state index >= 15 is 0 Å². The van der Waals surface area contributed by atoms with Gasteiger partial charge in [-0.05, 0) is 50.2 Å². The molecule has 100 valence electrons.